The lowest BCUT2D eigenvalue weighted by molar-refractivity contribution is -0.385. The van der Waals surface area contributed by atoms with Gasteiger partial charge in [0.2, 0.25) is 4.77 Å². The van der Waals surface area contributed by atoms with Crippen molar-refractivity contribution in [2.45, 2.75) is 0 Å². The van der Waals surface area contributed by atoms with E-state index in [1.807, 2.05) is 0 Å². The Morgan fingerprint density at radius 3 is 2.75 bits per heavy atom. The van der Waals surface area contributed by atoms with Crippen LogP contribution in [0.5, 0.6) is 5.75 Å². The van der Waals surface area contributed by atoms with Crippen LogP contribution in [0.4, 0.5) is 5.69 Å². The molecule has 0 radical (unpaired) electrons. The van der Waals surface area contributed by atoms with Gasteiger partial charge < -0.3 is 10.1 Å². The molecule has 1 aromatic heterocycles. The zero-order valence-corrected chi connectivity index (χ0v) is 12.8. The van der Waals surface area contributed by atoms with Gasteiger partial charge in [-0.25, -0.2) is 0 Å². The number of nitrogens with one attached hydrogen (secondary N) is 1. The van der Waals surface area contributed by atoms with Crippen LogP contribution >= 0.6 is 12.2 Å². The highest BCUT2D eigenvalue weighted by atomic mass is 32.1. The van der Waals surface area contributed by atoms with Crippen LogP contribution in [0.3, 0.4) is 0 Å². The maximum absolute atomic E-state index is 12.4. The van der Waals surface area contributed by atoms with E-state index in [9.17, 15) is 20.0 Å². The molecule has 2 aromatic carbocycles. The number of non-ortho nitro benzene ring substituents is 1. The highest BCUT2D eigenvalue weighted by molar-refractivity contribution is 7.71. The molecule has 0 aliphatic carbocycles. The first-order valence-electron chi connectivity index (χ1n) is 6.71. The summed E-state index contributed by atoms with van der Waals surface area (Å²) in [6, 6.07) is 10.0. The second kappa shape index (κ2) is 6.05. The van der Waals surface area contributed by atoms with Gasteiger partial charge in [-0.1, -0.05) is 23.9 Å². The van der Waals surface area contributed by atoms with E-state index in [0.717, 1.165) is 29.1 Å². The molecular formula is C15H9N4O4S-. The van der Waals surface area contributed by atoms with Gasteiger partial charge in [0.15, 0.2) is 0 Å². The van der Waals surface area contributed by atoms with E-state index < -0.39 is 16.2 Å². The summed E-state index contributed by atoms with van der Waals surface area (Å²) >= 11 is 5.09. The van der Waals surface area contributed by atoms with E-state index in [1.54, 1.807) is 24.3 Å². The first-order valence-corrected chi connectivity index (χ1v) is 7.12. The average Bonchev–Trinajstić information content (AvgIpc) is 2.56. The fraction of sp³-hybridized carbons (Fsp3) is 0. The molecule has 0 aliphatic heterocycles. The molecule has 0 atom stereocenters. The van der Waals surface area contributed by atoms with Crippen molar-refractivity contribution in [2.24, 2.45) is 5.10 Å². The number of fused-ring (bicyclic) bond motifs is 1. The third kappa shape index (κ3) is 2.79. The molecule has 0 saturated heterocycles. The van der Waals surface area contributed by atoms with Crippen molar-refractivity contribution in [1.29, 1.82) is 0 Å². The van der Waals surface area contributed by atoms with Crippen molar-refractivity contribution in [1.82, 2.24) is 9.66 Å². The third-order valence-electron chi connectivity index (χ3n) is 3.30. The number of H-pyrrole nitrogens is 1. The SMILES string of the molecule is O=c1c2ccccc2[nH]c(=S)n1/N=C\c1cc([N+](=O)[O-])ccc1[O-]. The predicted octanol–water partition coefficient (Wildman–Crippen LogP) is 1.92. The summed E-state index contributed by atoms with van der Waals surface area (Å²) in [6.07, 6.45) is 1.08. The van der Waals surface area contributed by atoms with Crippen LogP contribution in [0.2, 0.25) is 0 Å². The zero-order valence-electron chi connectivity index (χ0n) is 12.0. The second-order valence-corrected chi connectivity index (χ2v) is 5.20. The molecule has 0 amide bonds. The molecular weight excluding hydrogens is 332 g/mol. The van der Waals surface area contributed by atoms with E-state index >= 15 is 0 Å². The Hall–Kier alpha value is -3.33. The normalized spacial score (nSPS) is 11.2. The van der Waals surface area contributed by atoms with Crippen LogP contribution in [0.25, 0.3) is 10.9 Å². The van der Waals surface area contributed by atoms with Crippen molar-refractivity contribution in [3.63, 3.8) is 0 Å². The molecule has 1 heterocycles. The number of nitro benzene ring substituents is 1. The highest BCUT2D eigenvalue weighted by Crippen LogP contribution is 2.19. The summed E-state index contributed by atoms with van der Waals surface area (Å²) in [7, 11) is 0. The fourth-order valence-electron chi connectivity index (χ4n) is 2.13. The second-order valence-electron chi connectivity index (χ2n) is 4.82. The first kappa shape index (κ1) is 15.6. The summed E-state index contributed by atoms with van der Waals surface area (Å²) < 4.78 is 0.975. The number of hydrogen-bond acceptors (Lipinski definition) is 6. The number of nitrogens with zero attached hydrogens (tertiary/aromatic N) is 3. The van der Waals surface area contributed by atoms with Gasteiger partial charge in [-0.05, 0) is 29.9 Å². The molecule has 1 N–H and O–H groups in total. The van der Waals surface area contributed by atoms with Crippen molar-refractivity contribution < 1.29 is 10.0 Å². The van der Waals surface area contributed by atoms with Crippen LogP contribution in [-0.4, -0.2) is 20.8 Å². The Bertz CT molecular complexity index is 1100. The molecule has 0 bridgehead atoms. The number of nitro groups is 1. The number of benzene rings is 2. The van der Waals surface area contributed by atoms with Gasteiger partial charge in [0.25, 0.3) is 11.2 Å². The predicted molar refractivity (Wildman–Crippen MR) is 88.9 cm³/mol. The lowest BCUT2D eigenvalue weighted by atomic mass is 10.2. The Morgan fingerprint density at radius 1 is 1.25 bits per heavy atom. The van der Waals surface area contributed by atoms with E-state index in [0.29, 0.717) is 10.9 Å². The van der Waals surface area contributed by atoms with Gasteiger partial charge in [0, 0.05) is 12.1 Å². The number of aromatic amines is 1. The molecule has 24 heavy (non-hydrogen) atoms. The molecule has 0 spiro atoms. The number of para-hydroxylation sites is 1. The Labute approximate surface area is 139 Å². The van der Waals surface area contributed by atoms with Gasteiger partial charge in [-0.15, -0.1) is 0 Å². The van der Waals surface area contributed by atoms with Gasteiger partial charge in [-0.3, -0.25) is 14.9 Å². The molecule has 0 aliphatic rings. The van der Waals surface area contributed by atoms with Gasteiger partial charge in [-0.2, -0.15) is 9.78 Å². The first-order chi connectivity index (χ1) is 11.5. The minimum absolute atomic E-state index is 0.0151. The molecule has 0 unspecified atom stereocenters. The summed E-state index contributed by atoms with van der Waals surface area (Å²) in [5.74, 6) is -0.451. The maximum atomic E-state index is 12.4. The van der Waals surface area contributed by atoms with Crippen LogP contribution < -0.4 is 10.7 Å². The Morgan fingerprint density at radius 2 is 2.00 bits per heavy atom. The molecule has 120 valence electrons. The van der Waals surface area contributed by atoms with Crippen molar-refractivity contribution >= 4 is 35.0 Å². The smallest absolute Gasteiger partial charge is 0.282 e. The monoisotopic (exact) mass is 341 g/mol. The maximum Gasteiger partial charge on any atom is 0.282 e. The fourth-order valence-corrected chi connectivity index (χ4v) is 2.37. The largest absolute Gasteiger partial charge is 0.872 e. The van der Waals surface area contributed by atoms with Gasteiger partial charge in [0.05, 0.1) is 22.0 Å². The summed E-state index contributed by atoms with van der Waals surface area (Å²) in [5.41, 5.74) is -0.145. The molecule has 0 saturated carbocycles. The number of aromatic nitrogens is 2. The average molecular weight is 341 g/mol. The molecule has 8 nitrogen and oxygen atoms in total. The molecule has 3 aromatic rings. The van der Waals surface area contributed by atoms with Gasteiger partial charge >= 0.3 is 0 Å². The topological polar surface area (TPSA) is 116 Å². The van der Waals surface area contributed by atoms with E-state index in [1.165, 1.54) is 0 Å². The van der Waals surface area contributed by atoms with Crippen LogP contribution in [0.15, 0.2) is 52.4 Å². The lowest BCUT2D eigenvalue weighted by Gasteiger charge is -2.09. The van der Waals surface area contributed by atoms with Crippen LogP contribution in [0.1, 0.15) is 5.56 Å². The molecule has 0 fully saturated rings. The Kier molecular flexibility index (Phi) is 3.92. The van der Waals surface area contributed by atoms with Crippen LogP contribution in [0, 0.1) is 14.9 Å². The lowest BCUT2D eigenvalue weighted by Crippen LogP contribution is -2.18. The highest BCUT2D eigenvalue weighted by Gasteiger charge is 2.07. The summed E-state index contributed by atoms with van der Waals surface area (Å²) in [4.78, 5) is 25.4. The van der Waals surface area contributed by atoms with Crippen molar-refractivity contribution in [3.8, 4) is 5.75 Å². The number of hydrogen-bond donors (Lipinski definition) is 1. The van der Waals surface area contributed by atoms with E-state index in [4.69, 9.17) is 12.2 Å². The molecule has 9 heteroatoms. The minimum Gasteiger partial charge on any atom is -0.872 e. The number of rotatable bonds is 3. The van der Waals surface area contributed by atoms with E-state index in [2.05, 4.69) is 10.1 Å². The van der Waals surface area contributed by atoms with Crippen LogP contribution in [-0.2, 0) is 0 Å². The Balaban J connectivity index is 2.12. The quantitative estimate of drug-likeness (QED) is 0.338. The summed E-state index contributed by atoms with van der Waals surface area (Å²) in [5, 5.41) is 26.8. The third-order valence-corrected chi connectivity index (χ3v) is 3.58. The standard InChI is InChI=1S/C15H10N4O4S/c20-13-6-5-10(19(22)23)7-9(13)8-16-18-14(21)11-3-1-2-4-12(11)17-15(18)24/h1-8,20H,(H,17,24)/p-1/b16-8-. The van der Waals surface area contributed by atoms with Crippen molar-refractivity contribution in [2.75, 3.05) is 0 Å². The minimum atomic E-state index is -0.620. The van der Waals surface area contributed by atoms with Crippen molar-refractivity contribution in [3.05, 3.63) is 73.3 Å². The molecule has 3 rings (SSSR count). The van der Waals surface area contributed by atoms with E-state index in [-0.39, 0.29) is 16.0 Å². The zero-order chi connectivity index (χ0) is 17.3. The summed E-state index contributed by atoms with van der Waals surface area (Å²) in [6.45, 7) is 0. The van der Waals surface area contributed by atoms with Gasteiger partial charge in [0.1, 0.15) is 0 Å².